The third-order valence-electron chi connectivity index (χ3n) is 3.03. The van der Waals surface area contributed by atoms with Crippen LogP contribution in [0.3, 0.4) is 0 Å². The van der Waals surface area contributed by atoms with Crippen LogP contribution in [0, 0.1) is 16.2 Å². The number of aliphatic hydroxyl groups excluding tert-OH is 1. The van der Waals surface area contributed by atoms with Gasteiger partial charge in [0.1, 0.15) is 0 Å². The molecule has 1 saturated heterocycles. The van der Waals surface area contributed by atoms with Crippen molar-refractivity contribution >= 4 is 5.91 Å². The Labute approximate surface area is 150 Å². The number of carbonyl (C=O) groups is 1. The summed E-state index contributed by atoms with van der Waals surface area (Å²) in [6.45, 7) is 25.0. The van der Waals surface area contributed by atoms with Gasteiger partial charge in [0.25, 0.3) is 0 Å². The highest BCUT2D eigenvalue weighted by Crippen LogP contribution is 2.17. The van der Waals surface area contributed by atoms with E-state index in [1.165, 1.54) is 0 Å². The number of rotatable bonds is 0. The fourth-order valence-electron chi connectivity index (χ4n) is 1.24. The summed E-state index contributed by atoms with van der Waals surface area (Å²) in [5.41, 5.74) is 0.150. The number of ether oxygens (including phenoxy) is 1. The minimum atomic E-state index is -0.253. The first-order valence-electron chi connectivity index (χ1n) is 8.75. The maximum absolute atomic E-state index is 11.7. The van der Waals surface area contributed by atoms with Crippen LogP contribution in [0.5, 0.6) is 0 Å². The van der Waals surface area contributed by atoms with Gasteiger partial charge in [0.15, 0.2) is 0 Å². The van der Waals surface area contributed by atoms with Crippen molar-refractivity contribution in [1.82, 2.24) is 4.90 Å². The molecule has 1 N–H and O–H groups in total. The van der Waals surface area contributed by atoms with E-state index in [1.54, 1.807) is 0 Å². The molecule has 0 aromatic rings. The zero-order valence-electron chi connectivity index (χ0n) is 17.5. The van der Waals surface area contributed by atoms with Gasteiger partial charge in [-0.3, -0.25) is 4.79 Å². The van der Waals surface area contributed by atoms with E-state index in [4.69, 9.17) is 9.84 Å². The van der Waals surface area contributed by atoms with Crippen molar-refractivity contribution in [1.29, 1.82) is 0 Å². The first-order valence-corrected chi connectivity index (χ1v) is 8.75. The standard InChI is InChI=1S/C9H17NO2.C6H12.C5H12O/c1-9(2,3)8(11)10-4-6-12-7-5-10;1-5-6(2,3)4;1-5(2,3)4-6/h4-7H2,1-3H3;5H,1H2,2-4H3;6H,4H2,1-3H3. The summed E-state index contributed by atoms with van der Waals surface area (Å²) in [5.74, 6) is 0.228. The maximum atomic E-state index is 11.7. The second-order valence-electron chi connectivity index (χ2n) is 9.44. The first-order chi connectivity index (χ1) is 10.6. The summed E-state index contributed by atoms with van der Waals surface area (Å²) in [6, 6.07) is 0. The fraction of sp³-hybridized carbons (Fsp3) is 0.850. The lowest BCUT2D eigenvalue weighted by atomic mass is 9.94. The van der Waals surface area contributed by atoms with Crippen molar-refractivity contribution in [2.75, 3.05) is 32.9 Å². The first kappa shape index (κ1) is 25.4. The fourth-order valence-corrected chi connectivity index (χ4v) is 1.24. The predicted molar refractivity (Wildman–Crippen MR) is 103 cm³/mol. The van der Waals surface area contributed by atoms with Crippen LogP contribution in [-0.2, 0) is 9.53 Å². The minimum Gasteiger partial charge on any atom is -0.396 e. The molecular formula is C20H41NO3. The third kappa shape index (κ3) is 16.0. The highest BCUT2D eigenvalue weighted by Gasteiger charge is 2.27. The number of allylic oxidation sites excluding steroid dienone is 1. The SMILES string of the molecule is C=CC(C)(C)C.CC(C)(C)C(=O)N1CCOCC1.CC(C)(C)CO. The molecule has 24 heavy (non-hydrogen) atoms. The molecule has 0 radical (unpaired) electrons. The second kappa shape index (κ2) is 10.9. The van der Waals surface area contributed by atoms with Gasteiger partial charge >= 0.3 is 0 Å². The Balaban J connectivity index is 0. The van der Waals surface area contributed by atoms with Crippen LogP contribution < -0.4 is 0 Å². The molecule has 0 aliphatic carbocycles. The van der Waals surface area contributed by atoms with E-state index in [1.807, 2.05) is 52.5 Å². The Bertz CT molecular complexity index is 351. The number of amides is 1. The summed E-state index contributed by atoms with van der Waals surface area (Å²) >= 11 is 0. The summed E-state index contributed by atoms with van der Waals surface area (Å²) < 4.78 is 5.17. The van der Waals surface area contributed by atoms with Crippen LogP contribution in [-0.4, -0.2) is 48.8 Å². The van der Waals surface area contributed by atoms with Crippen molar-refractivity contribution in [2.24, 2.45) is 16.2 Å². The molecule has 0 unspecified atom stereocenters. The predicted octanol–water partition coefficient (Wildman–Crippen LogP) is 4.13. The summed E-state index contributed by atoms with van der Waals surface area (Å²) in [7, 11) is 0. The summed E-state index contributed by atoms with van der Waals surface area (Å²) in [5, 5.41) is 8.40. The van der Waals surface area contributed by atoms with Gasteiger partial charge in [-0.05, 0) is 10.8 Å². The van der Waals surface area contributed by atoms with Gasteiger partial charge in [-0.15, -0.1) is 6.58 Å². The van der Waals surface area contributed by atoms with E-state index in [0.717, 1.165) is 13.1 Å². The maximum Gasteiger partial charge on any atom is 0.228 e. The normalized spacial score (nSPS) is 15.5. The minimum absolute atomic E-state index is 0.0972. The van der Waals surface area contributed by atoms with Crippen molar-refractivity contribution in [3.63, 3.8) is 0 Å². The van der Waals surface area contributed by atoms with Crippen molar-refractivity contribution in [3.05, 3.63) is 12.7 Å². The van der Waals surface area contributed by atoms with Crippen LogP contribution in [0.15, 0.2) is 12.7 Å². The topological polar surface area (TPSA) is 49.8 Å². The molecule has 1 fully saturated rings. The van der Waals surface area contributed by atoms with Crippen LogP contribution in [0.2, 0.25) is 0 Å². The van der Waals surface area contributed by atoms with Crippen LogP contribution in [0.1, 0.15) is 62.3 Å². The number of aliphatic hydroxyl groups is 1. The zero-order valence-corrected chi connectivity index (χ0v) is 17.5. The average molecular weight is 344 g/mol. The Hall–Kier alpha value is -0.870. The molecule has 0 aromatic carbocycles. The molecule has 0 bridgehead atoms. The van der Waals surface area contributed by atoms with Crippen LogP contribution >= 0.6 is 0 Å². The molecule has 1 amide bonds. The number of morpholine rings is 1. The quantitative estimate of drug-likeness (QED) is 0.673. The molecule has 0 saturated carbocycles. The molecule has 0 spiro atoms. The Morgan fingerprint density at radius 2 is 1.38 bits per heavy atom. The van der Waals surface area contributed by atoms with Crippen LogP contribution in [0.25, 0.3) is 0 Å². The number of hydrogen-bond acceptors (Lipinski definition) is 3. The van der Waals surface area contributed by atoms with E-state index < -0.39 is 0 Å². The highest BCUT2D eigenvalue weighted by molar-refractivity contribution is 5.81. The van der Waals surface area contributed by atoms with Gasteiger partial charge in [0, 0.05) is 25.1 Å². The highest BCUT2D eigenvalue weighted by atomic mass is 16.5. The van der Waals surface area contributed by atoms with Crippen molar-refractivity contribution < 1.29 is 14.6 Å². The molecule has 1 aliphatic heterocycles. The monoisotopic (exact) mass is 343 g/mol. The second-order valence-corrected chi connectivity index (χ2v) is 9.44. The van der Waals surface area contributed by atoms with Crippen molar-refractivity contribution in [3.8, 4) is 0 Å². The van der Waals surface area contributed by atoms with E-state index >= 15 is 0 Å². The lowest BCUT2D eigenvalue weighted by Crippen LogP contribution is -2.45. The molecule has 1 heterocycles. The molecule has 0 atom stereocenters. The molecule has 0 aromatic heterocycles. The number of nitrogens with zero attached hydrogens (tertiary/aromatic N) is 1. The van der Waals surface area contributed by atoms with E-state index in [9.17, 15) is 4.79 Å². The zero-order chi connectivity index (χ0) is 19.6. The Morgan fingerprint density at radius 1 is 1.04 bits per heavy atom. The van der Waals surface area contributed by atoms with Gasteiger partial charge in [0.05, 0.1) is 13.2 Å². The summed E-state index contributed by atoms with van der Waals surface area (Å²) in [4.78, 5) is 13.6. The van der Waals surface area contributed by atoms with Gasteiger partial charge in [-0.2, -0.15) is 0 Å². The van der Waals surface area contributed by atoms with Gasteiger partial charge in [-0.1, -0.05) is 68.4 Å². The Morgan fingerprint density at radius 3 is 1.58 bits per heavy atom. The molecular weight excluding hydrogens is 302 g/mol. The van der Waals surface area contributed by atoms with Gasteiger partial charge < -0.3 is 14.7 Å². The molecule has 4 nitrogen and oxygen atoms in total. The van der Waals surface area contributed by atoms with E-state index in [-0.39, 0.29) is 23.3 Å². The lowest BCUT2D eigenvalue weighted by molar-refractivity contribution is -0.143. The van der Waals surface area contributed by atoms with Crippen LogP contribution in [0.4, 0.5) is 0 Å². The molecule has 4 heteroatoms. The third-order valence-corrected chi connectivity index (χ3v) is 3.03. The lowest BCUT2D eigenvalue weighted by Gasteiger charge is -2.32. The largest absolute Gasteiger partial charge is 0.396 e. The molecule has 1 rings (SSSR count). The molecule has 1 aliphatic rings. The smallest absolute Gasteiger partial charge is 0.228 e. The molecule has 144 valence electrons. The van der Waals surface area contributed by atoms with Gasteiger partial charge in [0.2, 0.25) is 5.91 Å². The summed E-state index contributed by atoms with van der Waals surface area (Å²) in [6.07, 6.45) is 1.94. The van der Waals surface area contributed by atoms with E-state index in [2.05, 4.69) is 27.4 Å². The Kier molecular flexibility index (Phi) is 11.5. The number of carbonyl (C=O) groups excluding carboxylic acids is 1. The van der Waals surface area contributed by atoms with Gasteiger partial charge in [-0.25, -0.2) is 0 Å². The average Bonchev–Trinajstić information content (AvgIpc) is 2.46. The van der Waals surface area contributed by atoms with Crippen molar-refractivity contribution in [2.45, 2.75) is 62.3 Å². The van der Waals surface area contributed by atoms with E-state index in [0.29, 0.717) is 18.6 Å². The number of hydrogen-bond donors (Lipinski definition) is 1.